The van der Waals surface area contributed by atoms with Crippen molar-refractivity contribution in [2.24, 2.45) is 0 Å². The Kier molecular flexibility index (Phi) is 5.81. The van der Waals surface area contributed by atoms with Crippen LogP contribution in [0.25, 0.3) is 0 Å². The zero-order valence-corrected chi connectivity index (χ0v) is 11.1. The van der Waals surface area contributed by atoms with Crippen molar-refractivity contribution in [1.82, 2.24) is 0 Å². The second-order valence-electron chi connectivity index (χ2n) is 2.99. The van der Waals surface area contributed by atoms with Gasteiger partial charge in [-0.15, -0.1) is 11.3 Å². The van der Waals surface area contributed by atoms with Gasteiger partial charge in [-0.2, -0.15) is 12.6 Å². The van der Waals surface area contributed by atoms with Crippen LogP contribution >= 0.6 is 24.0 Å². The lowest BCUT2D eigenvalue weighted by atomic mass is 10.3. The summed E-state index contributed by atoms with van der Waals surface area (Å²) in [5.41, 5.74) is 0. The largest absolute Gasteiger partial charge is 0.460 e. The highest BCUT2D eigenvalue weighted by Crippen LogP contribution is 2.16. The van der Waals surface area contributed by atoms with Crippen LogP contribution in [0.1, 0.15) is 27.9 Å². The lowest BCUT2D eigenvalue weighted by Crippen LogP contribution is -2.16. The molecule has 90 valence electrons. The van der Waals surface area contributed by atoms with E-state index in [9.17, 15) is 9.59 Å². The number of hydrogen-bond donors (Lipinski definition) is 1. The van der Waals surface area contributed by atoms with E-state index in [1.807, 2.05) is 0 Å². The van der Waals surface area contributed by atoms with Crippen molar-refractivity contribution in [3.05, 3.63) is 21.9 Å². The number of carbonyl (C=O) groups excluding carboxylic acids is 2. The van der Waals surface area contributed by atoms with Gasteiger partial charge in [0.05, 0.1) is 16.4 Å². The van der Waals surface area contributed by atoms with Gasteiger partial charge in [0, 0.05) is 12.2 Å². The first-order valence-corrected chi connectivity index (χ1v) is 6.55. The van der Waals surface area contributed by atoms with Gasteiger partial charge in [-0.05, 0) is 19.1 Å². The summed E-state index contributed by atoms with van der Waals surface area (Å²) >= 11 is 5.24. The number of ether oxygens (including phenoxy) is 1. The van der Waals surface area contributed by atoms with Crippen molar-refractivity contribution >= 4 is 35.7 Å². The van der Waals surface area contributed by atoms with Crippen LogP contribution in [-0.2, 0) is 9.53 Å². The van der Waals surface area contributed by atoms with Gasteiger partial charge < -0.3 is 4.74 Å². The second-order valence-corrected chi connectivity index (χ2v) is 4.52. The van der Waals surface area contributed by atoms with Crippen molar-refractivity contribution < 1.29 is 14.3 Å². The molecular weight excluding hydrogens is 256 g/mol. The molecule has 0 spiro atoms. The van der Waals surface area contributed by atoms with E-state index in [4.69, 9.17) is 0 Å². The van der Waals surface area contributed by atoms with Crippen molar-refractivity contribution in [2.45, 2.75) is 13.3 Å². The number of carbonyl (C=O) groups is 2. The first-order valence-electron chi connectivity index (χ1n) is 5.10. The quantitative estimate of drug-likeness (QED) is 0.299. The molecule has 0 aliphatic heterocycles. The van der Waals surface area contributed by atoms with Gasteiger partial charge in [0.25, 0.3) is 5.78 Å². The van der Waals surface area contributed by atoms with Crippen LogP contribution in [0.15, 0.2) is 12.1 Å². The van der Waals surface area contributed by atoms with Gasteiger partial charge in [-0.25, -0.2) is 4.79 Å². The number of rotatable bonds is 4. The van der Waals surface area contributed by atoms with E-state index >= 15 is 0 Å². The van der Waals surface area contributed by atoms with Crippen LogP contribution < -0.4 is 0 Å². The number of Topliss-reactive ketones (excluding diaryl/α,β-unsaturated/α-hetero) is 1. The van der Waals surface area contributed by atoms with Crippen LogP contribution in [0.4, 0.5) is 0 Å². The predicted octanol–water partition coefficient (Wildman–Crippen LogP) is 2.17. The lowest BCUT2D eigenvalue weighted by molar-refractivity contribution is -0.137. The fourth-order valence-corrected chi connectivity index (χ4v) is 1.95. The highest BCUT2D eigenvalue weighted by atomic mass is 32.1. The normalized spacial score (nSPS) is 9.29. The highest BCUT2D eigenvalue weighted by Gasteiger charge is 2.18. The average Bonchev–Trinajstić information content (AvgIpc) is 2.77. The van der Waals surface area contributed by atoms with Gasteiger partial charge in [0.15, 0.2) is 0 Å². The molecule has 1 aromatic rings. The summed E-state index contributed by atoms with van der Waals surface area (Å²) in [5, 5.41) is 0. The Hall–Kier alpha value is -1.25. The summed E-state index contributed by atoms with van der Waals surface area (Å²) < 4.78 is 4.64. The molecule has 0 bridgehead atoms. The number of thiophene rings is 1. The number of hydrogen-bond acceptors (Lipinski definition) is 5. The smallest absolute Gasteiger partial charge is 0.380 e. The maximum atomic E-state index is 11.6. The molecule has 0 saturated heterocycles. The molecule has 17 heavy (non-hydrogen) atoms. The van der Waals surface area contributed by atoms with Crippen molar-refractivity contribution in [3.8, 4) is 11.8 Å². The van der Waals surface area contributed by atoms with E-state index in [1.165, 1.54) is 11.3 Å². The molecule has 0 radical (unpaired) electrons. The van der Waals surface area contributed by atoms with E-state index in [0.29, 0.717) is 17.1 Å². The summed E-state index contributed by atoms with van der Waals surface area (Å²) in [4.78, 5) is 23.9. The molecular formula is C12H12O3S2. The van der Waals surface area contributed by atoms with E-state index in [2.05, 4.69) is 29.2 Å². The van der Waals surface area contributed by atoms with E-state index in [1.54, 1.807) is 19.1 Å². The maximum absolute atomic E-state index is 11.6. The van der Waals surface area contributed by atoms with Gasteiger partial charge in [-0.3, -0.25) is 4.79 Å². The average molecular weight is 268 g/mol. The summed E-state index contributed by atoms with van der Waals surface area (Å²) in [6, 6.07) is 3.32. The zero-order valence-electron chi connectivity index (χ0n) is 9.36. The molecule has 1 aromatic heterocycles. The van der Waals surface area contributed by atoms with Gasteiger partial charge in [0.1, 0.15) is 0 Å². The fraction of sp³-hybridized carbons (Fsp3) is 0.333. The molecule has 0 atom stereocenters. The molecule has 5 heteroatoms. The molecule has 0 saturated carbocycles. The zero-order chi connectivity index (χ0) is 12.7. The van der Waals surface area contributed by atoms with Crippen molar-refractivity contribution in [2.75, 3.05) is 12.4 Å². The topological polar surface area (TPSA) is 43.4 Å². The number of esters is 1. The summed E-state index contributed by atoms with van der Waals surface area (Å²) in [6.07, 6.45) is 0.697. The maximum Gasteiger partial charge on any atom is 0.380 e. The van der Waals surface area contributed by atoms with E-state index in [-0.39, 0.29) is 6.61 Å². The SMILES string of the molecule is CCOC(=O)C(=O)c1ccc(C#CCCS)s1. The Bertz CT molecular complexity index is 466. The molecule has 0 aliphatic carbocycles. The van der Waals surface area contributed by atoms with E-state index in [0.717, 1.165) is 4.88 Å². The van der Waals surface area contributed by atoms with Crippen molar-refractivity contribution in [1.29, 1.82) is 0 Å². The first kappa shape index (κ1) is 13.8. The van der Waals surface area contributed by atoms with Crippen LogP contribution in [0, 0.1) is 11.8 Å². The van der Waals surface area contributed by atoms with Crippen LogP contribution in [-0.4, -0.2) is 24.1 Å². The highest BCUT2D eigenvalue weighted by molar-refractivity contribution is 7.80. The molecule has 0 unspecified atom stereocenters. The monoisotopic (exact) mass is 268 g/mol. The van der Waals surface area contributed by atoms with Gasteiger partial charge >= 0.3 is 5.97 Å². The molecule has 3 nitrogen and oxygen atoms in total. The molecule has 1 rings (SSSR count). The third-order valence-electron chi connectivity index (χ3n) is 1.74. The van der Waals surface area contributed by atoms with Crippen LogP contribution in [0.2, 0.25) is 0 Å². The fourth-order valence-electron chi connectivity index (χ4n) is 1.03. The van der Waals surface area contributed by atoms with E-state index < -0.39 is 11.8 Å². The molecule has 0 fully saturated rings. The Morgan fingerprint density at radius 1 is 1.47 bits per heavy atom. The Balaban J connectivity index is 2.72. The first-order chi connectivity index (χ1) is 8.19. The van der Waals surface area contributed by atoms with Gasteiger partial charge in [0.2, 0.25) is 0 Å². The van der Waals surface area contributed by atoms with Crippen LogP contribution in [0.3, 0.4) is 0 Å². The summed E-state index contributed by atoms with van der Waals surface area (Å²) in [6.45, 7) is 1.86. The molecule has 0 amide bonds. The standard InChI is InChI=1S/C12H12O3S2/c1-2-15-12(14)11(13)10-7-6-9(17-10)5-3-4-8-16/h6-7,16H,2,4,8H2,1H3. The number of ketones is 1. The molecule has 0 aromatic carbocycles. The summed E-state index contributed by atoms with van der Waals surface area (Å²) in [7, 11) is 0. The second kappa shape index (κ2) is 7.15. The minimum absolute atomic E-state index is 0.199. The Labute approximate surface area is 110 Å². The third-order valence-corrected chi connectivity index (χ3v) is 2.96. The minimum atomic E-state index is -0.816. The molecule has 0 aliphatic rings. The summed E-state index contributed by atoms with van der Waals surface area (Å²) in [5.74, 6) is 5.10. The predicted molar refractivity (Wildman–Crippen MR) is 70.6 cm³/mol. The third kappa shape index (κ3) is 4.25. The lowest BCUT2D eigenvalue weighted by Gasteiger charge is -1.97. The molecule has 0 N–H and O–H groups in total. The van der Waals surface area contributed by atoms with Gasteiger partial charge in [-0.1, -0.05) is 11.8 Å². The number of thiol groups is 1. The Morgan fingerprint density at radius 3 is 2.88 bits per heavy atom. The Morgan fingerprint density at radius 2 is 2.24 bits per heavy atom. The van der Waals surface area contributed by atoms with Crippen LogP contribution in [0.5, 0.6) is 0 Å². The molecule has 1 heterocycles. The van der Waals surface area contributed by atoms with Crippen molar-refractivity contribution in [3.63, 3.8) is 0 Å². The minimum Gasteiger partial charge on any atom is -0.460 e.